The van der Waals surface area contributed by atoms with Crippen molar-refractivity contribution in [3.8, 4) is 0 Å². The molecule has 0 aromatic heterocycles. The van der Waals surface area contributed by atoms with E-state index in [4.69, 9.17) is 16.7 Å². The standard InChI is InChI=1S/C20H18ClN3O4/c1-12-5-6-14(21)10-16(12)23-19(27)13-3-2-4-15(9-13)22-17-11-18(26)24(7-8-25)20(17)28/h2-6,9-11,22,25H,7-8H2,1H3,(H,23,27). The number of carbonyl (C=O) groups is 3. The number of imide groups is 1. The minimum atomic E-state index is -0.525. The average Bonchev–Trinajstić information content (AvgIpc) is 2.92. The lowest BCUT2D eigenvalue weighted by molar-refractivity contribution is -0.137. The quantitative estimate of drug-likeness (QED) is 0.648. The van der Waals surface area contributed by atoms with Crippen molar-refractivity contribution in [2.75, 3.05) is 23.8 Å². The molecule has 2 aromatic rings. The van der Waals surface area contributed by atoms with E-state index in [0.29, 0.717) is 22.0 Å². The number of nitrogens with zero attached hydrogens (tertiary/aromatic N) is 1. The molecule has 0 spiro atoms. The fraction of sp³-hybridized carbons (Fsp3) is 0.150. The lowest BCUT2D eigenvalue weighted by Gasteiger charge is -2.14. The molecule has 7 nitrogen and oxygen atoms in total. The molecule has 8 heteroatoms. The number of aryl methyl sites for hydroxylation is 1. The van der Waals surface area contributed by atoms with Crippen molar-refractivity contribution in [3.63, 3.8) is 0 Å². The summed E-state index contributed by atoms with van der Waals surface area (Å²) in [6.07, 6.45) is 1.17. The zero-order chi connectivity index (χ0) is 20.3. The van der Waals surface area contributed by atoms with Gasteiger partial charge in [-0.25, -0.2) is 0 Å². The largest absolute Gasteiger partial charge is 0.395 e. The second kappa shape index (κ2) is 8.24. The number of nitrogens with one attached hydrogen (secondary N) is 2. The first kappa shape index (κ1) is 19.6. The highest BCUT2D eigenvalue weighted by atomic mass is 35.5. The van der Waals surface area contributed by atoms with Crippen LogP contribution in [0.4, 0.5) is 11.4 Å². The molecule has 2 aromatic carbocycles. The Labute approximate surface area is 166 Å². The van der Waals surface area contributed by atoms with E-state index >= 15 is 0 Å². The van der Waals surface area contributed by atoms with Gasteiger partial charge in [-0.2, -0.15) is 0 Å². The van der Waals surface area contributed by atoms with Crippen molar-refractivity contribution in [1.29, 1.82) is 0 Å². The number of carbonyl (C=O) groups excluding carboxylic acids is 3. The number of hydrogen-bond acceptors (Lipinski definition) is 5. The zero-order valence-corrected chi connectivity index (χ0v) is 15.8. The minimum Gasteiger partial charge on any atom is -0.395 e. The van der Waals surface area contributed by atoms with E-state index in [2.05, 4.69) is 10.6 Å². The molecule has 1 aliphatic heterocycles. The Hall–Kier alpha value is -3.16. The van der Waals surface area contributed by atoms with Crippen molar-refractivity contribution in [2.45, 2.75) is 6.92 Å². The summed E-state index contributed by atoms with van der Waals surface area (Å²) in [5, 5.41) is 15.1. The van der Waals surface area contributed by atoms with Crippen LogP contribution >= 0.6 is 11.6 Å². The number of rotatable bonds is 6. The van der Waals surface area contributed by atoms with Crippen LogP contribution in [0.2, 0.25) is 5.02 Å². The number of halogens is 1. The highest BCUT2D eigenvalue weighted by molar-refractivity contribution is 6.31. The van der Waals surface area contributed by atoms with Crippen LogP contribution in [0.25, 0.3) is 0 Å². The molecule has 0 bridgehead atoms. The molecule has 0 saturated carbocycles. The summed E-state index contributed by atoms with van der Waals surface area (Å²) in [5.74, 6) is -1.35. The second-order valence-corrected chi connectivity index (χ2v) is 6.63. The molecule has 0 unspecified atom stereocenters. The summed E-state index contributed by atoms with van der Waals surface area (Å²) in [7, 11) is 0. The van der Waals surface area contributed by atoms with Crippen LogP contribution in [0.15, 0.2) is 54.2 Å². The van der Waals surface area contributed by atoms with Crippen molar-refractivity contribution < 1.29 is 19.5 Å². The van der Waals surface area contributed by atoms with Gasteiger partial charge < -0.3 is 15.7 Å². The summed E-state index contributed by atoms with van der Waals surface area (Å²) in [6.45, 7) is 1.48. The van der Waals surface area contributed by atoms with Crippen molar-refractivity contribution in [3.05, 3.63) is 70.4 Å². The Balaban J connectivity index is 1.75. The fourth-order valence-electron chi connectivity index (χ4n) is 2.73. The Morgan fingerprint density at radius 2 is 1.96 bits per heavy atom. The molecule has 0 radical (unpaired) electrons. The molecule has 0 saturated heterocycles. The highest BCUT2D eigenvalue weighted by Gasteiger charge is 2.30. The summed E-state index contributed by atoms with van der Waals surface area (Å²) in [6, 6.07) is 11.8. The van der Waals surface area contributed by atoms with E-state index in [9.17, 15) is 14.4 Å². The fourth-order valence-corrected chi connectivity index (χ4v) is 2.90. The first-order chi connectivity index (χ1) is 13.4. The topological polar surface area (TPSA) is 98.7 Å². The molecule has 1 aliphatic rings. The van der Waals surface area contributed by atoms with Gasteiger partial charge in [0.15, 0.2) is 0 Å². The van der Waals surface area contributed by atoms with Crippen LogP contribution in [-0.4, -0.2) is 40.9 Å². The Morgan fingerprint density at radius 1 is 1.18 bits per heavy atom. The Kier molecular flexibility index (Phi) is 5.77. The third-order valence-electron chi connectivity index (χ3n) is 4.18. The lowest BCUT2D eigenvalue weighted by Crippen LogP contribution is -2.34. The summed E-state index contributed by atoms with van der Waals surface area (Å²) in [5.41, 5.74) is 2.41. The number of β-amino-alcohol motifs (C(OH)–C–C–N with tert-alkyl or cyclic N) is 1. The maximum Gasteiger partial charge on any atom is 0.277 e. The molecular weight excluding hydrogens is 382 g/mol. The SMILES string of the molecule is Cc1ccc(Cl)cc1NC(=O)c1cccc(NC2=CC(=O)N(CCO)C2=O)c1. The van der Waals surface area contributed by atoms with E-state index in [1.807, 2.05) is 13.0 Å². The molecule has 3 amide bonds. The second-order valence-electron chi connectivity index (χ2n) is 6.20. The van der Waals surface area contributed by atoms with Crippen LogP contribution in [0.1, 0.15) is 15.9 Å². The van der Waals surface area contributed by atoms with E-state index in [-0.39, 0.29) is 24.8 Å². The van der Waals surface area contributed by atoms with Gasteiger partial charge in [0, 0.05) is 28.0 Å². The number of anilines is 2. The molecule has 3 N–H and O–H groups in total. The maximum atomic E-state index is 12.6. The summed E-state index contributed by atoms with van der Waals surface area (Å²) >= 11 is 5.98. The van der Waals surface area contributed by atoms with Gasteiger partial charge in [0.05, 0.1) is 13.2 Å². The first-order valence-corrected chi connectivity index (χ1v) is 8.90. The van der Waals surface area contributed by atoms with Crippen LogP contribution < -0.4 is 10.6 Å². The third-order valence-corrected chi connectivity index (χ3v) is 4.42. The molecule has 28 heavy (non-hydrogen) atoms. The van der Waals surface area contributed by atoms with Gasteiger partial charge in [0.1, 0.15) is 5.70 Å². The van der Waals surface area contributed by atoms with Gasteiger partial charge in [-0.3, -0.25) is 19.3 Å². The van der Waals surface area contributed by atoms with Gasteiger partial charge in [-0.05, 0) is 42.8 Å². The average molecular weight is 400 g/mol. The normalized spacial score (nSPS) is 13.5. The zero-order valence-electron chi connectivity index (χ0n) is 15.0. The van der Waals surface area contributed by atoms with Crippen molar-refractivity contribution in [2.24, 2.45) is 0 Å². The van der Waals surface area contributed by atoms with Crippen LogP contribution in [0, 0.1) is 6.92 Å². The Morgan fingerprint density at radius 3 is 2.71 bits per heavy atom. The van der Waals surface area contributed by atoms with Gasteiger partial charge in [0.2, 0.25) is 0 Å². The lowest BCUT2D eigenvalue weighted by atomic mass is 10.1. The van der Waals surface area contributed by atoms with E-state index in [0.717, 1.165) is 10.5 Å². The number of aliphatic hydroxyl groups excluding tert-OH is 1. The smallest absolute Gasteiger partial charge is 0.277 e. The molecule has 144 valence electrons. The van der Waals surface area contributed by atoms with Gasteiger partial charge in [0.25, 0.3) is 17.7 Å². The highest BCUT2D eigenvalue weighted by Crippen LogP contribution is 2.22. The Bertz CT molecular complexity index is 987. The summed E-state index contributed by atoms with van der Waals surface area (Å²) < 4.78 is 0. The van der Waals surface area contributed by atoms with E-state index in [1.165, 1.54) is 6.08 Å². The van der Waals surface area contributed by atoms with Crippen LogP contribution in [-0.2, 0) is 9.59 Å². The van der Waals surface area contributed by atoms with Crippen molar-refractivity contribution >= 4 is 40.7 Å². The molecule has 1 heterocycles. The number of hydrogen-bond donors (Lipinski definition) is 3. The molecule has 3 rings (SSSR count). The first-order valence-electron chi connectivity index (χ1n) is 8.52. The molecule has 0 atom stereocenters. The molecule has 0 aliphatic carbocycles. The molecular formula is C20H18ClN3O4. The monoisotopic (exact) mass is 399 g/mol. The molecule has 0 fully saturated rings. The summed E-state index contributed by atoms with van der Waals surface area (Å²) in [4.78, 5) is 37.5. The number of amides is 3. The van der Waals surface area contributed by atoms with E-state index in [1.54, 1.807) is 36.4 Å². The maximum absolute atomic E-state index is 12.6. The predicted molar refractivity (Wildman–Crippen MR) is 106 cm³/mol. The van der Waals surface area contributed by atoms with Crippen molar-refractivity contribution in [1.82, 2.24) is 4.90 Å². The predicted octanol–water partition coefficient (Wildman–Crippen LogP) is 2.56. The number of benzene rings is 2. The van der Waals surface area contributed by atoms with Gasteiger partial charge >= 0.3 is 0 Å². The van der Waals surface area contributed by atoms with Crippen LogP contribution in [0.5, 0.6) is 0 Å². The van der Waals surface area contributed by atoms with Gasteiger partial charge in [-0.15, -0.1) is 0 Å². The third kappa shape index (κ3) is 4.21. The van der Waals surface area contributed by atoms with Crippen LogP contribution in [0.3, 0.4) is 0 Å². The minimum absolute atomic E-state index is 0.0687. The number of aliphatic hydroxyl groups is 1. The van der Waals surface area contributed by atoms with Gasteiger partial charge in [-0.1, -0.05) is 23.7 Å². The van der Waals surface area contributed by atoms with E-state index < -0.39 is 11.8 Å².